The van der Waals surface area contributed by atoms with Gasteiger partial charge in [-0.15, -0.1) is 11.3 Å². The van der Waals surface area contributed by atoms with Crippen molar-refractivity contribution in [2.45, 2.75) is 32.9 Å². The Morgan fingerprint density at radius 1 is 1.17 bits per heavy atom. The number of thiophene rings is 1. The third kappa shape index (κ3) is 3.51. The molecule has 0 aliphatic heterocycles. The fraction of sp³-hybridized carbons (Fsp3) is 0.294. The van der Waals surface area contributed by atoms with Gasteiger partial charge in [0.05, 0.1) is 22.0 Å². The third-order valence-corrected chi connectivity index (χ3v) is 4.33. The highest BCUT2D eigenvalue weighted by Gasteiger charge is 2.18. The normalized spacial score (nSPS) is 12.3. The van der Waals surface area contributed by atoms with E-state index in [0.29, 0.717) is 11.6 Å². The molecule has 0 spiro atoms. The van der Waals surface area contributed by atoms with Gasteiger partial charge in [-0.05, 0) is 44.4 Å². The van der Waals surface area contributed by atoms with E-state index < -0.39 is 0 Å². The van der Waals surface area contributed by atoms with Gasteiger partial charge < -0.3 is 10.6 Å². The van der Waals surface area contributed by atoms with Crippen molar-refractivity contribution in [1.29, 1.82) is 0 Å². The van der Waals surface area contributed by atoms with E-state index in [-0.39, 0.29) is 18.0 Å². The second-order valence-corrected chi connectivity index (χ2v) is 6.70. The SMILES string of the molecule is CC(C)NC(=O)c1nc(N[C@@H](C)c2ccccn2)nc2ccsc12. The molecule has 1 amide bonds. The highest BCUT2D eigenvalue weighted by Crippen LogP contribution is 2.25. The summed E-state index contributed by atoms with van der Waals surface area (Å²) in [6.07, 6.45) is 1.75. The van der Waals surface area contributed by atoms with Crippen LogP contribution in [0.25, 0.3) is 10.2 Å². The zero-order valence-electron chi connectivity index (χ0n) is 13.8. The quantitative estimate of drug-likeness (QED) is 0.743. The van der Waals surface area contributed by atoms with Gasteiger partial charge in [0.2, 0.25) is 5.95 Å². The maximum atomic E-state index is 12.4. The van der Waals surface area contributed by atoms with E-state index in [0.717, 1.165) is 15.9 Å². The molecule has 0 fully saturated rings. The van der Waals surface area contributed by atoms with Crippen LogP contribution in [0.5, 0.6) is 0 Å². The summed E-state index contributed by atoms with van der Waals surface area (Å²) in [5.74, 6) is 0.237. The smallest absolute Gasteiger partial charge is 0.271 e. The number of carbonyl (C=O) groups is 1. The van der Waals surface area contributed by atoms with Gasteiger partial charge in [0.15, 0.2) is 5.69 Å². The summed E-state index contributed by atoms with van der Waals surface area (Å²) >= 11 is 1.47. The fourth-order valence-electron chi connectivity index (χ4n) is 2.31. The van der Waals surface area contributed by atoms with E-state index in [1.54, 1.807) is 6.20 Å². The van der Waals surface area contributed by atoms with Crippen LogP contribution in [-0.2, 0) is 0 Å². The van der Waals surface area contributed by atoms with Crippen molar-refractivity contribution >= 4 is 33.4 Å². The summed E-state index contributed by atoms with van der Waals surface area (Å²) in [6, 6.07) is 7.62. The standard InChI is InChI=1S/C17H19N5OS/c1-10(2)19-16(23)14-15-13(7-9-24-15)21-17(22-14)20-11(3)12-6-4-5-8-18-12/h4-11H,1-3H3,(H,19,23)(H,20,21,22)/t11-/m0/s1. The van der Waals surface area contributed by atoms with Crippen LogP contribution in [0.15, 0.2) is 35.8 Å². The van der Waals surface area contributed by atoms with E-state index >= 15 is 0 Å². The number of hydrogen-bond donors (Lipinski definition) is 2. The molecule has 0 saturated carbocycles. The molecule has 7 heteroatoms. The molecule has 0 aliphatic rings. The Morgan fingerprint density at radius 3 is 2.71 bits per heavy atom. The van der Waals surface area contributed by atoms with Gasteiger partial charge in [-0.25, -0.2) is 9.97 Å². The second kappa shape index (κ2) is 6.92. The highest BCUT2D eigenvalue weighted by atomic mass is 32.1. The first-order valence-corrected chi connectivity index (χ1v) is 8.66. The first-order valence-electron chi connectivity index (χ1n) is 7.78. The monoisotopic (exact) mass is 341 g/mol. The molecule has 6 nitrogen and oxygen atoms in total. The molecule has 0 bridgehead atoms. The van der Waals surface area contributed by atoms with Crippen molar-refractivity contribution in [3.05, 3.63) is 47.2 Å². The first kappa shape index (κ1) is 16.3. The van der Waals surface area contributed by atoms with E-state index in [1.807, 2.05) is 50.4 Å². The minimum atomic E-state index is -0.187. The van der Waals surface area contributed by atoms with Crippen LogP contribution in [0.2, 0.25) is 0 Å². The van der Waals surface area contributed by atoms with Crippen molar-refractivity contribution in [3.63, 3.8) is 0 Å². The molecule has 1 atom stereocenters. The molecule has 0 aliphatic carbocycles. The minimum Gasteiger partial charge on any atom is -0.348 e. The highest BCUT2D eigenvalue weighted by molar-refractivity contribution is 7.17. The van der Waals surface area contributed by atoms with E-state index in [2.05, 4.69) is 25.6 Å². The molecule has 0 unspecified atom stereocenters. The molecule has 0 radical (unpaired) electrons. The van der Waals surface area contributed by atoms with Gasteiger partial charge in [0.25, 0.3) is 5.91 Å². The molecular weight excluding hydrogens is 322 g/mol. The molecule has 124 valence electrons. The number of hydrogen-bond acceptors (Lipinski definition) is 6. The second-order valence-electron chi connectivity index (χ2n) is 5.78. The van der Waals surface area contributed by atoms with Gasteiger partial charge in [-0.2, -0.15) is 0 Å². The molecule has 3 rings (SSSR count). The fourth-order valence-corrected chi connectivity index (χ4v) is 3.13. The molecule has 24 heavy (non-hydrogen) atoms. The van der Waals surface area contributed by atoms with Crippen LogP contribution in [0.1, 0.15) is 43.0 Å². The number of rotatable bonds is 5. The topological polar surface area (TPSA) is 79.8 Å². The summed E-state index contributed by atoms with van der Waals surface area (Å²) in [6.45, 7) is 5.83. The van der Waals surface area contributed by atoms with Crippen LogP contribution in [-0.4, -0.2) is 26.9 Å². The first-order chi connectivity index (χ1) is 11.5. The lowest BCUT2D eigenvalue weighted by atomic mass is 10.2. The van der Waals surface area contributed by atoms with Crippen LogP contribution < -0.4 is 10.6 Å². The third-order valence-electron chi connectivity index (χ3n) is 3.42. The minimum absolute atomic E-state index is 0.0475. The van der Waals surface area contributed by atoms with E-state index in [1.165, 1.54) is 11.3 Å². The molecule has 0 aromatic carbocycles. The van der Waals surface area contributed by atoms with Gasteiger partial charge >= 0.3 is 0 Å². The van der Waals surface area contributed by atoms with Crippen molar-refractivity contribution < 1.29 is 4.79 Å². The number of nitrogens with zero attached hydrogens (tertiary/aromatic N) is 3. The van der Waals surface area contributed by atoms with Crippen molar-refractivity contribution in [3.8, 4) is 0 Å². The number of aromatic nitrogens is 3. The van der Waals surface area contributed by atoms with E-state index in [4.69, 9.17) is 0 Å². The van der Waals surface area contributed by atoms with Gasteiger partial charge in [0.1, 0.15) is 0 Å². The van der Waals surface area contributed by atoms with Crippen LogP contribution in [0, 0.1) is 0 Å². The number of fused-ring (bicyclic) bond motifs is 1. The summed E-state index contributed by atoms with van der Waals surface area (Å²) in [7, 11) is 0. The summed E-state index contributed by atoms with van der Waals surface area (Å²) < 4.78 is 0.796. The Morgan fingerprint density at radius 2 is 2.00 bits per heavy atom. The predicted octanol–water partition coefficient (Wildman–Crippen LogP) is 3.40. The maximum Gasteiger partial charge on any atom is 0.271 e. The Labute approximate surface area is 144 Å². The summed E-state index contributed by atoms with van der Waals surface area (Å²) in [5.41, 5.74) is 2.05. The molecule has 3 aromatic heterocycles. The largest absolute Gasteiger partial charge is 0.348 e. The number of anilines is 1. The van der Waals surface area contributed by atoms with Crippen molar-refractivity contribution in [2.24, 2.45) is 0 Å². The number of pyridine rings is 1. The maximum absolute atomic E-state index is 12.4. The lowest BCUT2D eigenvalue weighted by molar-refractivity contribution is 0.0940. The Balaban J connectivity index is 1.93. The van der Waals surface area contributed by atoms with Crippen LogP contribution in [0.3, 0.4) is 0 Å². The Kier molecular flexibility index (Phi) is 4.71. The number of amides is 1. The lowest BCUT2D eigenvalue weighted by Crippen LogP contribution is -2.31. The molecule has 3 heterocycles. The molecule has 3 aromatic rings. The van der Waals surface area contributed by atoms with Crippen molar-refractivity contribution in [2.75, 3.05) is 5.32 Å². The van der Waals surface area contributed by atoms with Gasteiger partial charge in [-0.3, -0.25) is 9.78 Å². The lowest BCUT2D eigenvalue weighted by Gasteiger charge is -2.14. The Bertz CT molecular complexity index is 847. The van der Waals surface area contributed by atoms with Crippen LogP contribution >= 0.6 is 11.3 Å². The molecular formula is C17H19N5OS. The number of carbonyl (C=O) groups excluding carboxylic acids is 1. The zero-order valence-corrected chi connectivity index (χ0v) is 14.6. The number of nitrogens with one attached hydrogen (secondary N) is 2. The zero-order chi connectivity index (χ0) is 17.1. The van der Waals surface area contributed by atoms with Gasteiger partial charge in [0, 0.05) is 12.2 Å². The predicted molar refractivity (Wildman–Crippen MR) is 96.3 cm³/mol. The molecule has 0 saturated heterocycles. The average molecular weight is 341 g/mol. The van der Waals surface area contributed by atoms with E-state index in [9.17, 15) is 4.79 Å². The van der Waals surface area contributed by atoms with Crippen LogP contribution in [0.4, 0.5) is 5.95 Å². The molecule has 2 N–H and O–H groups in total. The van der Waals surface area contributed by atoms with Crippen molar-refractivity contribution in [1.82, 2.24) is 20.3 Å². The van der Waals surface area contributed by atoms with Gasteiger partial charge in [-0.1, -0.05) is 6.07 Å². The summed E-state index contributed by atoms with van der Waals surface area (Å²) in [5, 5.41) is 8.03. The average Bonchev–Trinajstić information content (AvgIpc) is 3.02. The summed E-state index contributed by atoms with van der Waals surface area (Å²) in [4.78, 5) is 25.7. The Hall–Kier alpha value is -2.54.